The standard InChI is InChI=1S/C21H17F4N5O/c1-3-6-16(22)17(9-5-10-27-2)28-20(31)18-12-19(21(23,24)25)29-30(18)15-8-4-7-14(11-15)13-26/h3-12,27H,1H2,2H3,(H,28,31)/b10-5?,16-6+,17-9?. The van der Waals surface area contributed by atoms with Crippen LogP contribution in [-0.4, -0.2) is 22.7 Å². The number of nitriles is 1. The largest absolute Gasteiger partial charge is 0.435 e. The van der Waals surface area contributed by atoms with Crippen LogP contribution in [0, 0.1) is 11.3 Å². The Bertz CT molecular complexity index is 1100. The summed E-state index contributed by atoms with van der Waals surface area (Å²) in [6, 6.07) is 7.94. The summed E-state index contributed by atoms with van der Waals surface area (Å²) in [6.45, 7) is 3.37. The number of aromatic nitrogens is 2. The third kappa shape index (κ3) is 5.93. The van der Waals surface area contributed by atoms with Crippen LogP contribution in [-0.2, 0) is 6.18 Å². The zero-order valence-electron chi connectivity index (χ0n) is 16.2. The van der Waals surface area contributed by atoms with Gasteiger partial charge in [-0.05, 0) is 42.6 Å². The molecule has 0 bridgehead atoms. The molecular formula is C21H17F4N5O. The molecule has 0 atom stereocenters. The Morgan fingerprint density at radius 1 is 1.29 bits per heavy atom. The normalized spacial score (nSPS) is 12.5. The van der Waals surface area contributed by atoms with Crippen LogP contribution in [0.15, 0.2) is 78.9 Å². The van der Waals surface area contributed by atoms with E-state index in [-0.39, 0.29) is 16.9 Å². The Morgan fingerprint density at radius 2 is 2.03 bits per heavy atom. The number of amides is 1. The van der Waals surface area contributed by atoms with E-state index in [1.165, 1.54) is 42.6 Å². The van der Waals surface area contributed by atoms with Crippen molar-refractivity contribution in [3.8, 4) is 11.8 Å². The highest BCUT2D eigenvalue weighted by atomic mass is 19.4. The average molecular weight is 431 g/mol. The predicted octanol–water partition coefficient (Wildman–Crippen LogP) is 4.15. The van der Waals surface area contributed by atoms with E-state index in [4.69, 9.17) is 5.26 Å². The molecule has 0 radical (unpaired) electrons. The maximum atomic E-state index is 14.3. The van der Waals surface area contributed by atoms with Gasteiger partial charge in [-0.1, -0.05) is 18.7 Å². The molecular weight excluding hydrogens is 414 g/mol. The molecule has 0 aliphatic rings. The van der Waals surface area contributed by atoms with Gasteiger partial charge < -0.3 is 10.6 Å². The van der Waals surface area contributed by atoms with Gasteiger partial charge in [0.2, 0.25) is 0 Å². The predicted molar refractivity (Wildman–Crippen MR) is 106 cm³/mol. The maximum absolute atomic E-state index is 14.3. The lowest BCUT2D eigenvalue weighted by atomic mass is 10.2. The first-order chi connectivity index (χ1) is 14.7. The van der Waals surface area contributed by atoms with Gasteiger partial charge in [0.25, 0.3) is 5.91 Å². The molecule has 6 nitrogen and oxygen atoms in total. The molecule has 0 unspecified atom stereocenters. The van der Waals surface area contributed by atoms with Gasteiger partial charge in [-0.15, -0.1) is 0 Å². The Kier molecular flexibility index (Phi) is 7.52. The van der Waals surface area contributed by atoms with Crippen molar-refractivity contribution in [3.05, 3.63) is 95.9 Å². The van der Waals surface area contributed by atoms with Gasteiger partial charge in [-0.3, -0.25) is 4.79 Å². The number of rotatable bonds is 7. The third-order valence-corrected chi connectivity index (χ3v) is 3.75. The zero-order chi connectivity index (χ0) is 23.0. The summed E-state index contributed by atoms with van der Waals surface area (Å²) in [7, 11) is 1.60. The Balaban J connectivity index is 2.55. The molecule has 0 saturated heterocycles. The van der Waals surface area contributed by atoms with E-state index in [0.717, 1.165) is 16.8 Å². The van der Waals surface area contributed by atoms with Crippen molar-refractivity contribution >= 4 is 5.91 Å². The van der Waals surface area contributed by atoms with E-state index in [9.17, 15) is 22.4 Å². The van der Waals surface area contributed by atoms with E-state index in [1.54, 1.807) is 7.05 Å². The number of allylic oxidation sites excluding steroid dienone is 5. The number of nitrogens with one attached hydrogen (secondary N) is 2. The van der Waals surface area contributed by atoms with Crippen molar-refractivity contribution in [3.63, 3.8) is 0 Å². The first kappa shape index (κ1) is 23.2. The van der Waals surface area contributed by atoms with Gasteiger partial charge in [-0.25, -0.2) is 9.07 Å². The molecule has 2 N–H and O–H groups in total. The molecule has 31 heavy (non-hydrogen) atoms. The third-order valence-electron chi connectivity index (χ3n) is 3.75. The minimum atomic E-state index is -4.82. The lowest BCUT2D eigenvalue weighted by molar-refractivity contribution is -0.141. The average Bonchev–Trinajstić information content (AvgIpc) is 3.19. The Labute approximate surface area is 175 Å². The molecule has 0 fully saturated rings. The Hall–Kier alpha value is -4.13. The molecule has 1 aromatic heterocycles. The van der Waals surface area contributed by atoms with Gasteiger partial charge in [0.1, 0.15) is 11.5 Å². The molecule has 0 aliphatic carbocycles. The summed E-state index contributed by atoms with van der Waals surface area (Å²) in [5, 5.41) is 17.4. The van der Waals surface area contributed by atoms with Crippen molar-refractivity contribution in [2.75, 3.05) is 7.05 Å². The number of hydrogen-bond donors (Lipinski definition) is 2. The number of carbonyl (C=O) groups excluding carboxylic acids is 1. The number of nitrogens with zero attached hydrogens (tertiary/aromatic N) is 3. The summed E-state index contributed by atoms with van der Waals surface area (Å²) < 4.78 is 54.8. The van der Waals surface area contributed by atoms with E-state index in [0.29, 0.717) is 6.07 Å². The van der Waals surface area contributed by atoms with Crippen molar-refractivity contribution in [1.29, 1.82) is 5.26 Å². The van der Waals surface area contributed by atoms with Crippen molar-refractivity contribution in [1.82, 2.24) is 20.4 Å². The smallest absolute Gasteiger partial charge is 0.394 e. The fourth-order valence-corrected chi connectivity index (χ4v) is 2.39. The minimum absolute atomic E-state index is 0.0578. The molecule has 2 aromatic rings. The number of hydrogen-bond acceptors (Lipinski definition) is 4. The first-order valence-electron chi connectivity index (χ1n) is 8.73. The summed E-state index contributed by atoms with van der Waals surface area (Å²) in [6.07, 6.45) is 1.36. The second-order valence-electron chi connectivity index (χ2n) is 5.92. The van der Waals surface area contributed by atoms with Crippen LogP contribution >= 0.6 is 0 Å². The molecule has 1 aromatic carbocycles. The van der Waals surface area contributed by atoms with Crippen LogP contribution in [0.25, 0.3) is 5.69 Å². The molecule has 0 spiro atoms. The fourth-order valence-electron chi connectivity index (χ4n) is 2.39. The summed E-state index contributed by atoms with van der Waals surface area (Å²) in [5.74, 6) is -1.90. The lowest BCUT2D eigenvalue weighted by Gasteiger charge is -2.10. The van der Waals surface area contributed by atoms with Crippen LogP contribution in [0.3, 0.4) is 0 Å². The minimum Gasteiger partial charge on any atom is -0.394 e. The van der Waals surface area contributed by atoms with Crippen molar-refractivity contribution < 1.29 is 22.4 Å². The lowest BCUT2D eigenvalue weighted by Crippen LogP contribution is -2.25. The monoisotopic (exact) mass is 431 g/mol. The second-order valence-corrected chi connectivity index (χ2v) is 5.92. The molecule has 0 saturated carbocycles. The molecule has 1 amide bonds. The molecule has 2 rings (SSSR count). The topological polar surface area (TPSA) is 82.7 Å². The Morgan fingerprint density at radius 3 is 2.65 bits per heavy atom. The van der Waals surface area contributed by atoms with Crippen LogP contribution in [0.1, 0.15) is 21.7 Å². The summed E-state index contributed by atoms with van der Waals surface area (Å²) in [5.41, 5.74) is -1.91. The first-order valence-corrected chi connectivity index (χ1v) is 8.73. The number of benzene rings is 1. The molecule has 0 aliphatic heterocycles. The quantitative estimate of drug-likeness (QED) is 0.510. The van der Waals surface area contributed by atoms with E-state index in [2.05, 4.69) is 22.3 Å². The number of alkyl halides is 3. The van der Waals surface area contributed by atoms with Crippen LogP contribution in [0.4, 0.5) is 17.6 Å². The van der Waals surface area contributed by atoms with E-state index in [1.807, 2.05) is 6.07 Å². The highest BCUT2D eigenvalue weighted by molar-refractivity contribution is 5.95. The maximum Gasteiger partial charge on any atom is 0.435 e. The highest BCUT2D eigenvalue weighted by Crippen LogP contribution is 2.30. The van der Waals surface area contributed by atoms with Crippen molar-refractivity contribution in [2.45, 2.75) is 6.18 Å². The summed E-state index contributed by atoms with van der Waals surface area (Å²) in [4.78, 5) is 12.8. The van der Waals surface area contributed by atoms with Crippen molar-refractivity contribution in [2.24, 2.45) is 0 Å². The molecule has 160 valence electrons. The van der Waals surface area contributed by atoms with Crippen LogP contribution in [0.2, 0.25) is 0 Å². The molecule has 10 heteroatoms. The van der Waals surface area contributed by atoms with Gasteiger partial charge in [0, 0.05) is 13.1 Å². The summed E-state index contributed by atoms with van der Waals surface area (Å²) >= 11 is 0. The molecule has 1 heterocycles. The highest BCUT2D eigenvalue weighted by Gasteiger charge is 2.36. The van der Waals surface area contributed by atoms with E-state index >= 15 is 0 Å². The van der Waals surface area contributed by atoms with Crippen LogP contribution in [0.5, 0.6) is 0 Å². The van der Waals surface area contributed by atoms with Gasteiger partial charge >= 0.3 is 6.18 Å². The van der Waals surface area contributed by atoms with E-state index < -0.39 is 29.3 Å². The zero-order valence-corrected chi connectivity index (χ0v) is 16.2. The number of carbonyl (C=O) groups is 1. The van der Waals surface area contributed by atoms with Gasteiger partial charge in [0.05, 0.1) is 23.0 Å². The van der Waals surface area contributed by atoms with Gasteiger partial charge in [0.15, 0.2) is 5.69 Å². The van der Waals surface area contributed by atoms with Gasteiger partial charge in [-0.2, -0.15) is 23.5 Å². The number of halogens is 4. The van der Waals surface area contributed by atoms with Crippen LogP contribution < -0.4 is 10.6 Å². The fraction of sp³-hybridized carbons (Fsp3) is 0.0952. The SMILES string of the molecule is C=C/C=C(/F)C(=CC=CNC)NC(=O)c1cc(C(F)(F)F)nn1-c1cccc(C#N)c1. The second kappa shape index (κ2) is 10.1.